The van der Waals surface area contributed by atoms with Gasteiger partial charge in [0.15, 0.2) is 5.70 Å². The van der Waals surface area contributed by atoms with Gasteiger partial charge in [-0.2, -0.15) is 0 Å². The second-order valence-electron chi connectivity index (χ2n) is 5.81. The van der Waals surface area contributed by atoms with Crippen LogP contribution in [0.2, 0.25) is 0 Å². The average Bonchev–Trinajstić information content (AvgIpc) is 3.03. The van der Waals surface area contributed by atoms with Crippen molar-refractivity contribution in [1.29, 1.82) is 0 Å². The molecule has 0 unspecified atom stereocenters. The summed E-state index contributed by atoms with van der Waals surface area (Å²) in [7, 11) is 0. The first kappa shape index (κ1) is 16.1. The van der Waals surface area contributed by atoms with Gasteiger partial charge >= 0.3 is 5.97 Å². The molecule has 5 nitrogen and oxygen atoms in total. The van der Waals surface area contributed by atoms with Gasteiger partial charge in [0, 0.05) is 5.56 Å². The first-order chi connectivity index (χ1) is 12.7. The minimum atomic E-state index is -0.480. The van der Waals surface area contributed by atoms with Crippen molar-refractivity contribution in [2.24, 2.45) is 4.99 Å². The van der Waals surface area contributed by atoms with Crippen LogP contribution in [-0.4, -0.2) is 25.1 Å². The number of carbonyl (C=O) groups is 1. The van der Waals surface area contributed by atoms with Gasteiger partial charge in [-0.1, -0.05) is 30.3 Å². The van der Waals surface area contributed by atoms with E-state index < -0.39 is 5.97 Å². The van der Waals surface area contributed by atoms with E-state index in [1.165, 1.54) is 0 Å². The van der Waals surface area contributed by atoms with Crippen LogP contribution in [0.5, 0.6) is 11.5 Å². The number of cyclic esters (lactones) is 1. The van der Waals surface area contributed by atoms with E-state index in [0.717, 1.165) is 16.9 Å². The van der Waals surface area contributed by atoms with Gasteiger partial charge in [0.05, 0.1) is 12.2 Å². The lowest BCUT2D eigenvalue weighted by Gasteiger charge is -2.15. The Bertz CT molecular complexity index is 956. The second-order valence-corrected chi connectivity index (χ2v) is 5.81. The Labute approximate surface area is 151 Å². The largest absolute Gasteiger partial charge is 0.493 e. The minimum Gasteiger partial charge on any atom is -0.493 e. The van der Waals surface area contributed by atoms with Crippen LogP contribution in [0, 0.1) is 0 Å². The highest BCUT2D eigenvalue weighted by molar-refractivity contribution is 6.12. The van der Waals surface area contributed by atoms with E-state index in [2.05, 4.69) is 4.99 Å². The molecule has 0 spiro atoms. The summed E-state index contributed by atoms with van der Waals surface area (Å²) in [5, 5.41) is 0. The SMILES string of the molecule is CCOc1ccccc1C1=N/C(=C/C2=Cc3ccccc3OC2)C(=O)O1. The Morgan fingerprint density at radius 1 is 1.15 bits per heavy atom. The van der Waals surface area contributed by atoms with Crippen LogP contribution in [0.15, 0.2) is 70.9 Å². The van der Waals surface area contributed by atoms with Crippen molar-refractivity contribution in [3.8, 4) is 11.5 Å². The van der Waals surface area contributed by atoms with E-state index in [0.29, 0.717) is 24.5 Å². The van der Waals surface area contributed by atoms with Crippen LogP contribution in [0.25, 0.3) is 6.08 Å². The van der Waals surface area contributed by atoms with Crippen LogP contribution in [0.1, 0.15) is 18.1 Å². The first-order valence-corrected chi connectivity index (χ1v) is 8.42. The summed E-state index contributed by atoms with van der Waals surface area (Å²) in [6, 6.07) is 15.1. The number of para-hydroxylation sites is 2. The van der Waals surface area contributed by atoms with Crippen molar-refractivity contribution in [3.05, 3.63) is 77.0 Å². The number of hydrogen-bond donors (Lipinski definition) is 0. The third-order valence-electron chi connectivity index (χ3n) is 4.01. The summed E-state index contributed by atoms with van der Waals surface area (Å²) in [5.41, 5.74) is 2.74. The smallest absolute Gasteiger partial charge is 0.363 e. The number of benzene rings is 2. The molecule has 2 aromatic rings. The monoisotopic (exact) mass is 347 g/mol. The zero-order chi connectivity index (χ0) is 17.9. The standard InChI is InChI=1S/C21H17NO4/c1-2-24-19-10-6-4-8-16(19)20-22-17(21(23)26-20)12-14-11-15-7-3-5-9-18(15)25-13-14/h3-12H,2,13H2,1H3/b17-12+. The van der Waals surface area contributed by atoms with Gasteiger partial charge < -0.3 is 14.2 Å². The normalized spacial score (nSPS) is 17.1. The van der Waals surface area contributed by atoms with Gasteiger partial charge in [0.2, 0.25) is 5.90 Å². The number of carbonyl (C=O) groups excluding carboxylic acids is 1. The van der Waals surface area contributed by atoms with Crippen LogP contribution in [0.3, 0.4) is 0 Å². The number of aliphatic imine (C=N–C) groups is 1. The van der Waals surface area contributed by atoms with Gasteiger partial charge in [0.1, 0.15) is 18.1 Å². The fraction of sp³-hybridized carbons (Fsp3) is 0.143. The predicted molar refractivity (Wildman–Crippen MR) is 98.2 cm³/mol. The molecule has 5 heteroatoms. The van der Waals surface area contributed by atoms with E-state index in [-0.39, 0.29) is 11.6 Å². The van der Waals surface area contributed by atoms with Gasteiger partial charge in [-0.25, -0.2) is 9.79 Å². The number of ether oxygens (including phenoxy) is 3. The average molecular weight is 347 g/mol. The third kappa shape index (κ3) is 3.11. The Kier molecular flexibility index (Phi) is 4.27. The van der Waals surface area contributed by atoms with Gasteiger partial charge in [-0.15, -0.1) is 0 Å². The molecule has 0 aromatic heterocycles. The number of hydrogen-bond acceptors (Lipinski definition) is 5. The maximum atomic E-state index is 12.2. The summed E-state index contributed by atoms with van der Waals surface area (Å²) in [6.45, 7) is 2.80. The lowest BCUT2D eigenvalue weighted by atomic mass is 10.1. The highest BCUT2D eigenvalue weighted by atomic mass is 16.6. The zero-order valence-electron chi connectivity index (χ0n) is 14.3. The predicted octanol–water partition coefficient (Wildman–Crippen LogP) is 3.75. The van der Waals surface area contributed by atoms with Crippen molar-refractivity contribution in [2.75, 3.05) is 13.2 Å². The van der Waals surface area contributed by atoms with Crippen LogP contribution >= 0.6 is 0 Å². The number of esters is 1. The summed E-state index contributed by atoms with van der Waals surface area (Å²) in [5.74, 6) is 1.24. The quantitative estimate of drug-likeness (QED) is 0.624. The topological polar surface area (TPSA) is 57.1 Å². The first-order valence-electron chi connectivity index (χ1n) is 8.42. The molecule has 0 aliphatic carbocycles. The Morgan fingerprint density at radius 3 is 2.85 bits per heavy atom. The molecule has 2 heterocycles. The summed E-state index contributed by atoms with van der Waals surface area (Å²) in [4.78, 5) is 16.6. The lowest BCUT2D eigenvalue weighted by Crippen LogP contribution is -2.08. The van der Waals surface area contributed by atoms with Crippen molar-refractivity contribution < 1.29 is 19.0 Å². The van der Waals surface area contributed by atoms with E-state index >= 15 is 0 Å². The Hall–Kier alpha value is -3.34. The minimum absolute atomic E-state index is 0.250. The molecule has 0 N–H and O–H groups in total. The lowest BCUT2D eigenvalue weighted by molar-refractivity contribution is -0.130. The highest BCUT2D eigenvalue weighted by Crippen LogP contribution is 2.28. The fourth-order valence-electron chi connectivity index (χ4n) is 2.84. The molecular formula is C21H17NO4. The number of rotatable bonds is 4. The summed E-state index contributed by atoms with van der Waals surface area (Å²) < 4.78 is 16.6. The maximum Gasteiger partial charge on any atom is 0.363 e. The summed E-state index contributed by atoms with van der Waals surface area (Å²) in [6.07, 6.45) is 3.69. The van der Waals surface area contributed by atoms with E-state index in [1.54, 1.807) is 6.08 Å². The highest BCUT2D eigenvalue weighted by Gasteiger charge is 2.26. The van der Waals surface area contributed by atoms with Crippen molar-refractivity contribution in [1.82, 2.24) is 0 Å². The van der Waals surface area contributed by atoms with Crippen molar-refractivity contribution in [2.45, 2.75) is 6.92 Å². The molecule has 26 heavy (non-hydrogen) atoms. The van der Waals surface area contributed by atoms with E-state index in [9.17, 15) is 4.79 Å². The zero-order valence-corrected chi connectivity index (χ0v) is 14.3. The fourth-order valence-corrected chi connectivity index (χ4v) is 2.84. The molecule has 4 rings (SSSR count). The molecule has 0 amide bonds. The molecule has 2 aliphatic heterocycles. The maximum absolute atomic E-state index is 12.2. The number of fused-ring (bicyclic) bond motifs is 1. The van der Waals surface area contributed by atoms with E-state index in [1.807, 2.05) is 61.5 Å². The van der Waals surface area contributed by atoms with Gasteiger partial charge in [-0.05, 0) is 42.8 Å². The van der Waals surface area contributed by atoms with E-state index in [4.69, 9.17) is 14.2 Å². The van der Waals surface area contributed by atoms with Crippen LogP contribution in [-0.2, 0) is 9.53 Å². The van der Waals surface area contributed by atoms with Gasteiger partial charge in [0.25, 0.3) is 0 Å². The molecule has 0 fully saturated rings. The molecule has 0 atom stereocenters. The second kappa shape index (κ2) is 6.88. The van der Waals surface area contributed by atoms with Gasteiger partial charge in [-0.3, -0.25) is 0 Å². The molecule has 0 radical (unpaired) electrons. The Balaban J connectivity index is 1.66. The molecule has 0 saturated carbocycles. The van der Waals surface area contributed by atoms with Crippen LogP contribution in [0.4, 0.5) is 0 Å². The van der Waals surface area contributed by atoms with Crippen LogP contribution < -0.4 is 9.47 Å². The molecule has 130 valence electrons. The molecular weight excluding hydrogens is 330 g/mol. The third-order valence-corrected chi connectivity index (χ3v) is 4.01. The van der Waals surface area contributed by atoms with Crippen molar-refractivity contribution in [3.63, 3.8) is 0 Å². The molecule has 2 aromatic carbocycles. The molecule has 0 saturated heterocycles. The van der Waals surface area contributed by atoms with Crippen molar-refractivity contribution >= 4 is 17.9 Å². The molecule has 0 bridgehead atoms. The summed E-state index contributed by atoms with van der Waals surface area (Å²) >= 11 is 0. The Morgan fingerprint density at radius 2 is 1.96 bits per heavy atom. The molecule has 2 aliphatic rings. The number of nitrogens with zero attached hydrogens (tertiary/aromatic N) is 1.